The van der Waals surface area contributed by atoms with Crippen LogP contribution in [0.2, 0.25) is 0 Å². The van der Waals surface area contributed by atoms with Crippen molar-refractivity contribution in [3.8, 4) is 11.5 Å². The molecule has 31 heavy (non-hydrogen) atoms. The molecule has 0 aliphatic rings. The van der Waals surface area contributed by atoms with Crippen molar-refractivity contribution in [3.63, 3.8) is 0 Å². The van der Waals surface area contributed by atoms with Gasteiger partial charge in [-0.1, -0.05) is 48.5 Å². The summed E-state index contributed by atoms with van der Waals surface area (Å²) in [6, 6.07) is 23.4. The Bertz CT molecular complexity index is 1160. The number of aromatic nitrogens is 1. The van der Waals surface area contributed by atoms with Gasteiger partial charge in [-0.2, -0.15) is 0 Å². The highest BCUT2D eigenvalue weighted by Gasteiger charge is 2.09. The average Bonchev–Trinajstić information content (AvgIpc) is 3.15. The molecule has 0 aliphatic heterocycles. The van der Waals surface area contributed by atoms with Gasteiger partial charge in [0.05, 0.1) is 14.2 Å². The Morgan fingerprint density at radius 3 is 2.42 bits per heavy atom. The fourth-order valence-corrected chi connectivity index (χ4v) is 4.06. The van der Waals surface area contributed by atoms with Crippen LogP contribution in [-0.4, -0.2) is 25.3 Å². The lowest BCUT2D eigenvalue weighted by Gasteiger charge is -2.10. The molecular weight excluding hydrogens is 384 g/mol. The van der Waals surface area contributed by atoms with Gasteiger partial charge in [0.2, 0.25) is 0 Å². The minimum Gasteiger partial charge on any atom is -0.493 e. The predicted octanol–water partition coefficient (Wildman–Crippen LogP) is 5.35. The van der Waals surface area contributed by atoms with E-state index in [1.807, 2.05) is 6.07 Å². The first-order valence-electron chi connectivity index (χ1n) is 10.7. The van der Waals surface area contributed by atoms with Crippen molar-refractivity contribution in [1.29, 1.82) is 0 Å². The second kappa shape index (κ2) is 9.71. The topological polar surface area (TPSA) is 35.4 Å². The molecule has 0 radical (unpaired) electrons. The fourth-order valence-electron chi connectivity index (χ4n) is 4.06. The molecule has 0 amide bonds. The quantitative estimate of drug-likeness (QED) is 0.375. The molecule has 4 nitrogen and oxygen atoms in total. The van der Waals surface area contributed by atoms with Gasteiger partial charge in [-0.3, -0.25) is 0 Å². The number of benzene rings is 3. The SMILES string of the molecule is COc1ccc(CCNCc2cn(Cc3ccccc3C)c3ccccc23)cc1OC. The van der Waals surface area contributed by atoms with E-state index in [9.17, 15) is 0 Å². The number of aryl methyl sites for hydroxylation is 1. The van der Waals surface area contributed by atoms with Crippen molar-refractivity contribution in [2.45, 2.75) is 26.4 Å². The van der Waals surface area contributed by atoms with Crippen LogP contribution in [0.25, 0.3) is 10.9 Å². The number of methoxy groups -OCH3 is 2. The van der Waals surface area contributed by atoms with E-state index in [1.165, 1.54) is 33.2 Å². The van der Waals surface area contributed by atoms with E-state index in [2.05, 4.69) is 83.7 Å². The first-order chi connectivity index (χ1) is 15.2. The molecule has 4 rings (SSSR count). The van der Waals surface area contributed by atoms with Crippen molar-refractivity contribution >= 4 is 10.9 Å². The molecule has 0 unspecified atom stereocenters. The molecular formula is C27H30N2O2. The Morgan fingerprint density at radius 1 is 0.839 bits per heavy atom. The number of ether oxygens (including phenoxy) is 2. The van der Waals surface area contributed by atoms with Gasteiger partial charge >= 0.3 is 0 Å². The van der Waals surface area contributed by atoms with E-state index in [1.54, 1.807) is 14.2 Å². The van der Waals surface area contributed by atoms with Crippen LogP contribution in [0.4, 0.5) is 0 Å². The molecule has 3 aromatic carbocycles. The van der Waals surface area contributed by atoms with Gasteiger partial charge in [0.1, 0.15) is 0 Å². The molecule has 0 bridgehead atoms. The van der Waals surface area contributed by atoms with Gasteiger partial charge in [-0.25, -0.2) is 0 Å². The monoisotopic (exact) mass is 414 g/mol. The van der Waals surface area contributed by atoms with Gasteiger partial charge in [-0.05, 0) is 60.3 Å². The molecule has 1 N–H and O–H groups in total. The molecule has 1 aromatic heterocycles. The van der Waals surface area contributed by atoms with Crippen molar-refractivity contribution in [2.75, 3.05) is 20.8 Å². The first-order valence-corrected chi connectivity index (χ1v) is 10.7. The van der Waals surface area contributed by atoms with Gasteiger partial charge in [0, 0.05) is 30.2 Å². The van der Waals surface area contributed by atoms with Crippen LogP contribution in [0.5, 0.6) is 11.5 Å². The summed E-state index contributed by atoms with van der Waals surface area (Å²) in [5.74, 6) is 1.54. The lowest BCUT2D eigenvalue weighted by atomic mass is 10.1. The highest BCUT2D eigenvalue weighted by atomic mass is 16.5. The minimum absolute atomic E-state index is 0.765. The zero-order valence-corrected chi connectivity index (χ0v) is 18.5. The second-order valence-corrected chi connectivity index (χ2v) is 7.84. The van der Waals surface area contributed by atoms with Crippen molar-refractivity contribution in [3.05, 3.63) is 95.2 Å². The Balaban J connectivity index is 1.44. The van der Waals surface area contributed by atoms with Gasteiger partial charge in [0.25, 0.3) is 0 Å². The number of fused-ring (bicyclic) bond motifs is 1. The summed E-state index contributed by atoms with van der Waals surface area (Å²) in [6.45, 7) is 4.80. The highest BCUT2D eigenvalue weighted by molar-refractivity contribution is 5.84. The summed E-state index contributed by atoms with van der Waals surface area (Å²) in [6.07, 6.45) is 3.22. The summed E-state index contributed by atoms with van der Waals surface area (Å²) in [7, 11) is 3.33. The molecule has 4 heteroatoms. The Labute approximate surface area is 184 Å². The maximum absolute atomic E-state index is 5.41. The number of nitrogens with one attached hydrogen (secondary N) is 1. The van der Waals surface area contributed by atoms with Crippen molar-refractivity contribution in [1.82, 2.24) is 9.88 Å². The summed E-state index contributed by atoms with van der Waals surface area (Å²) in [5.41, 5.74) is 6.53. The van der Waals surface area contributed by atoms with E-state index < -0.39 is 0 Å². The van der Waals surface area contributed by atoms with Crippen molar-refractivity contribution in [2.24, 2.45) is 0 Å². The highest BCUT2D eigenvalue weighted by Crippen LogP contribution is 2.27. The van der Waals surface area contributed by atoms with Crippen LogP contribution in [0.3, 0.4) is 0 Å². The Kier molecular flexibility index (Phi) is 6.58. The smallest absolute Gasteiger partial charge is 0.160 e. The number of hydrogen-bond donors (Lipinski definition) is 1. The molecule has 0 saturated carbocycles. The first kappa shape index (κ1) is 21.0. The molecule has 0 aliphatic carbocycles. The number of rotatable bonds is 9. The second-order valence-electron chi connectivity index (χ2n) is 7.84. The maximum Gasteiger partial charge on any atom is 0.160 e. The molecule has 1 heterocycles. The molecule has 160 valence electrons. The van der Waals surface area contributed by atoms with E-state index in [-0.39, 0.29) is 0 Å². The summed E-state index contributed by atoms with van der Waals surface area (Å²) >= 11 is 0. The van der Waals surface area contributed by atoms with E-state index in [4.69, 9.17) is 9.47 Å². The van der Waals surface area contributed by atoms with E-state index >= 15 is 0 Å². The zero-order valence-electron chi connectivity index (χ0n) is 18.5. The van der Waals surface area contributed by atoms with Crippen LogP contribution in [0.1, 0.15) is 22.3 Å². The predicted molar refractivity (Wildman–Crippen MR) is 127 cm³/mol. The summed E-state index contributed by atoms with van der Waals surface area (Å²) in [5, 5.41) is 4.93. The Hall–Kier alpha value is -3.24. The number of hydrogen-bond acceptors (Lipinski definition) is 3. The zero-order chi connectivity index (χ0) is 21.6. The van der Waals surface area contributed by atoms with Crippen LogP contribution in [0, 0.1) is 6.92 Å². The van der Waals surface area contributed by atoms with Gasteiger partial charge < -0.3 is 19.4 Å². The number of para-hydroxylation sites is 1. The summed E-state index contributed by atoms with van der Waals surface area (Å²) in [4.78, 5) is 0. The molecule has 4 aromatic rings. The molecule has 0 fully saturated rings. The van der Waals surface area contributed by atoms with Gasteiger partial charge in [-0.15, -0.1) is 0 Å². The van der Waals surface area contributed by atoms with Gasteiger partial charge in [0.15, 0.2) is 11.5 Å². The van der Waals surface area contributed by atoms with E-state index in [0.29, 0.717) is 0 Å². The molecule has 0 spiro atoms. The normalized spacial score (nSPS) is 11.1. The fraction of sp³-hybridized carbons (Fsp3) is 0.259. The standard InChI is InChI=1S/C27H30N2O2/c1-20-8-4-5-9-22(20)18-29-19-23(24-10-6-7-11-25(24)29)17-28-15-14-21-12-13-26(30-2)27(16-21)31-3/h4-13,16,19,28H,14-15,17-18H2,1-3H3. The largest absolute Gasteiger partial charge is 0.493 e. The van der Waals surface area contributed by atoms with E-state index in [0.717, 1.165) is 37.6 Å². The van der Waals surface area contributed by atoms with Crippen LogP contribution < -0.4 is 14.8 Å². The molecule has 0 saturated heterocycles. The number of nitrogens with zero attached hydrogens (tertiary/aromatic N) is 1. The third-order valence-corrected chi connectivity index (χ3v) is 5.83. The minimum atomic E-state index is 0.765. The van der Waals surface area contributed by atoms with Crippen LogP contribution >= 0.6 is 0 Å². The summed E-state index contributed by atoms with van der Waals surface area (Å²) < 4.78 is 13.1. The van der Waals surface area contributed by atoms with Crippen molar-refractivity contribution < 1.29 is 9.47 Å². The van der Waals surface area contributed by atoms with Crippen LogP contribution in [0.15, 0.2) is 72.9 Å². The third-order valence-electron chi connectivity index (χ3n) is 5.83. The molecule has 0 atom stereocenters. The lowest BCUT2D eigenvalue weighted by molar-refractivity contribution is 0.354. The average molecular weight is 415 g/mol. The lowest BCUT2D eigenvalue weighted by Crippen LogP contribution is -2.16. The Morgan fingerprint density at radius 2 is 1.61 bits per heavy atom. The maximum atomic E-state index is 5.41. The van der Waals surface area contributed by atoms with Crippen LogP contribution in [-0.2, 0) is 19.5 Å². The third kappa shape index (κ3) is 4.75.